The summed E-state index contributed by atoms with van der Waals surface area (Å²) in [4.78, 5) is 43.0. The Morgan fingerprint density at radius 3 is 1.95 bits per heavy atom. The quantitative estimate of drug-likeness (QED) is 0.0463. The van der Waals surface area contributed by atoms with Crippen LogP contribution in [0.2, 0.25) is 0 Å². The standard InChI is InChI=1S/C17H35O8P.C9H6OS.2Na.3H2/c1-2-3-4-5-6-7-8-9-10-11-12-17(19)25-16(13-23-15-18)14-24-26(20,21)22;1-3-4-5-6-7-8-11-9(2)10;;;;;/h16,18H,2-15H2,1H3,(H2,20,21,22);1-2H3;;;3*1H/q;;2*+1;;;/p-2/t16-;;;;;;/m0....../s1. The van der Waals surface area contributed by atoms with E-state index in [1.807, 2.05) is 0 Å². The molecular formula is C26H45Na2O9PS. The van der Waals surface area contributed by atoms with Gasteiger partial charge in [-0.25, -0.2) is 0 Å². The molecule has 1 N–H and O–H groups in total. The number of esters is 1. The topological polar surface area (TPSA) is 145 Å². The summed E-state index contributed by atoms with van der Waals surface area (Å²) >= 11 is 0.939. The van der Waals surface area contributed by atoms with E-state index in [-0.39, 0.29) is 81.5 Å². The molecule has 0 unspecified atom stereocenters. The molecule has 1 atom stereocenters. The first-order chi connectivity index (χ1) is 17.7. The molecule has 0 heterocycles. The van der Waals surface area contributed by atoms with Gasteiger partial charge in [-0.15, -0.1) is 0 Å². The molecule has 0 rings (SSSR count). The second kappa shape index (κ2) is 34.4. The number of phosphoric acid groups is 1. The summed E-state index contributed by atoms with van der Waals surface area (Å²) in [5, 5.41) is 11.1. The van der Waals surface area contributed by atoms with Crippen LogP contribution >= 0.6 is 19.6 Å². The fourth-order valence-electron chi connectivity index (χ4n) is 2.72. The van der Waals surface area contributed by atoms with Crippen LogP contribution in [-0.4, -0.2) is 42.3 Å². The fraction of sp³-hybridized carbons (Fsp3) is 0.692. The number of hydrogen-bond acceptors (Lipinski definition) is 10. The van der Waals surface area contributed by atoms with Crippen LogP contribution in [0.5, 0.6) is 0 Å². The number of hydrogen-bond donors (Lipinski definition) is 1. The van der Waals surface area contributed by atoms with Gasteiger partial charge in [0.1, 0.15) is 12.9 Å². The van der Waals surface area contributed by atoms with E-state index in [2.05, 4.69) is 51.0 Å². The Morgan fingerprint density at radius 1 is 0.923 bits per heavy atom. The summed E-state index contributed by atoms with van der Waals surface area (Å²) in [7, 11) is -5.15. The maximum Gasteiger partial charge on any atom is 1.00 e. The molecule has 0 aromatic rings. The Hall–Kier alpha value is 0.200. The Labute approximate surface area is 287 Å². The first kappa shape index (κ1) is 46.2. The van der Waals surface area contributed by atoms with Gasteiger partial charge in [-0.1, -0.05) is 70.6 Å². The fourth-order valence-corrected chi connectivity index (χ4v) is 3.32. The normalized spacial score (nSPS) is 10.2. The summed E-state index contributed by atoms with van der Waals surface area (Å²) in [5.41, 5.74) is 0. The minimum atomic E-state index is -5.15. The van der Waals surface area contributed by atoms with Crippen molar-refractivity contribution in [2.75, 3.05) is 20.0 Å². The van der Waals surface area contributed by atoms with Crippen molar-refractivity contribution in [3.05, 3.63) is 0 Å². The zero-order valence-corrected chi connectivity index (χ0v) is 29.8. The molecule has 0 saturated carbocycles. The van der Waals surface area contributed by atoms with E-state index in [9.17, 15) is 23.9 Å². The van der Waals surface area contributed by atoms with E-state index in [1.165, 1.54) is 45.4 Å². The first-order valence-corrected chi connectivity index (χ1v) is 14.6. The van der Waals surface area contributed by atoms with E-state index in [0.29, 0.717) is 6.42 Å². The van der Waals surface area contributed by atoms with E-state index < -0.39 is 33.3 Å². The van der Waals surface area contributed by atoms with Gasteiger partial charge in [0.25, 0.3) is 0 Å². The molecule has 0 bridgehead atoms. The Kier molecular flexibility index (Phi) is 40.7. The third-order valence-electron chi connectivity index (χ3n) is 4.40. The molecule has 0 spiro atoms. The molecule has 0 saturated heterocycles. The molecule has 0 aromatic carbocycles. The minimum Gasteiger partial charge on any atom is -0.790 e. The molecule has 0 aliphatic heterocycles. The van der Waals surface area contributed by atoms with E-state index >= 15 is 0 Å². The predicted octanol–water partition coefficient (Wildman–Crippen LogP) is -1.98. The van der Waals surface area contributed by atoms with Gasteiger partial charge in [0.2, 0.25) is 0 Å². The minimum absolute atomic E-state index is 0. The number of carbonyl (C=O) groups excluding carboxylic acids is 2. The largest absolute Gasteiger partial charge is 1.00 e. The molecule has 0 amide bonds. The van der Waals surface area contributed by atoms with Crippen LogP contribution in [-0.2, 0) is 28.2 Å². The van der Waals surface area contributed by atoms with Crippen molar-refractivity contribution in [1.82, 2.24) is 0 Å². The van der Waals surface area contributed by atoms with Crippen LogP contribution in [0.3, 0.4) is 0 Å². The Morgan fingerprint density at radius 2 is 1.46 bits per heavy atom. The molecule has 0 fully saturated rings. The van der Waals surface area contributed by atoms with Gasteiger partial charge in [0.15, 0.2) is 5.12 Å². The molecule has 0 aromatic heterocycles. The molecule has 0 aliphatic carbocycles. The van der Waals surface area contributed by atoms with E-state index in [0.717, 1.165) is 31.0 Å². The maximum absolute atomic E-state index is 11.8. The van der Waals surface area contributed by atoms with Crippen LogP contribution < -0.4 is 68.9 Å². The number of aliphatic hydroxyl groups is 1. The SMILES string of the molecule is CC#CC#CC#CSC(C)=O.CCCCCCCCCCCCC(=O)O[C@@H](COCO)COP(=O)([O-])[O-].[HH].[HH].[HH].[Na+].[Na+]. The zero-order valence-electron chi connectivity index (χ0n) is 24.0. The monoisotopic (exact) mass is 610 g/mol. The van der Waals surface area contributed by atoms with Gasteiger partial charge >= 0.3 is 65.1 Å². The summed E-state index contributed by atoms with van der Waals surface area (Å²) in [6, 6.07) is 0. The molecule has 39 heavy (non-hydrogen) atoms. The van der Waals surface area contributed by atoms with Crippen LogP contribution in [0, 0.1) is 34.9 Å². The number of carbonyl (C=O) groups is 2. The van der Waals surface area contributed by atoms with Gasteiger partial charge in [-0.05, 0) is 42.3 Å². The number of aliphatic hydroxyl groups excluding tert-OH is 1. The first-order valence-electron chi connectivity index (χ1n) is 12.3. The number of ether oxygens (including phenoxy) is 2. The van der Waals surface area contributed by atoms with E-state index in [1.54, 1.807) is 6.92 Å². The van der Waals surface area contributed by atoms with Crippen LogP contribution in [0.15, 0.2) is 0 Å². The second-order valence-corrected chi connectivity index (χ2v) is 9.87. The van der Waals surface area contributed by atoms with Crippen molar-refractivity contribution in [2.45, 2.75) is 97.5 Å². The molecule has 0 aliphatic rings. The van der Waals surface area contributed by atoms with Crippen LogP contribution in [0.1, 0.15) is 95.7 Å². The number of phosphoric ester groups is 1. The summed E-state index contributed by atoms with van der Waals surface area (Å²) in [5.74, 6) is 12.1. The van der Waals surface area contributed by atoms with Gasteiger partial charge < -0.3 is 33.5 Å². The number of thioether (sulfide) groups is 1. The third-order valence-corrected chi connectivity index (χ3v) is 5.36. The van der Waals surface area contributed by atoms with Gasteiger partial charge in [-0.3, -0.25) is 9.59 Å². The molecule has 216 valence electrons. The summed E-state index contributed by atoms with van der Waals surface area (Å²) in [6.07, 6.45) is 10.6. The molecule has 13 heteroatoms. The van der Waals surface area contributed by atoms with Gasteiger partial charge in [-0.2, -0.15) is 0 Å². The van der Waals surface area contributed by atoms with Crippen molar-refractivity contribution < 1.29 is 106 Å². The van der Waals surface area contributed by atoms with Crippen molar-refractivity contribution in [1.29, 1.82) is 0 Å². The molecule has 0 radical (unpaired) electrons. The number of unbranched alkanes of at least 4 members (excludes halogenated alkanes) is 9. The maximum atomic E-state index is 11.8. The van der Waals surface area contributed by atoms with Crippen molar-refractivity contribution in [3.8, 4) is 34.9 Å². The number of rotatable bonds is 18. The average Bonchev–Trinajstić information content (AvgIpc) is 2.84. The molecule has 9 nitrogen and oxygen atoms in total. The van der Waals surface area contributed by atoms with Gasteiger partial charge in [0, 0.05) is 29.4 Å². The average molecular weight is 611 g/mol. The summed E-state index contributed by atoms with van der Waals surface area (Å²) in [6.45, 7) is 3.88. The Bertz CT molecular complexity index is 864. The summed E-state index contributed by atoms with van der Waals surface area (Å²) < 4.78 is 24.3. The van der Waals surface area contributed by atoms with Crippen LogP contribution in [0.25, 0.3) is 0 Å². The van der Waals surface area contributed by atoms with E-state index in [4.69, 9.17) is 9.84 Å². The van der Waals surface area contributed by atoms with Crippen molar-refractivity contribution in [2.24, 2.45) is 0 Å². The van der Waals surface area contributed by atoms with Crippen molar-refractivity contribution in [3.63, 3.8) is 0 Å². The molecular weight excluding hydrogens is 565 g/mol. The smallest absolute Gasteiger partial charge is 0.790 e. The van der Waals surface area contributed by atoms with Gasteiger partial charge in [0.05, 0.1) is 21.0 Å². The predicted molar refractivity (Wildman–Crippen MR) is 147 cm³/mol. The third kappa shape index (κ3) is 42.8. The van der Waals surface area contributed by atoms with Crippen molar-refractivity contribution >= 4 is 30.7 Å². The second-order valence-electron chi connectivity index (χ2n) is 7.73. The van der Waals surface area contributed by atoms with Crippen LogP contribution in [0.4, 0.5) is 0 Å². The zero-order chi connectivity index (χ0) is 28.2. The Balaban J connectivity index is -0.000000132.